The van der Waals surface area contributed by atoms with Crippen LogP contribution in [0.25, 0.3) is 0 Å². The molecule has 0 amide bonds. The fourth-order valence-corrected chi connectivity index (χ4v) is 2.84. The van der Waals surface area contributed by atoms with E-state index >= 15 is 0 Å². The lowest BCUT2D eigenvalue weighted by Crippen LogP contribution is -2.29. The molecule has 10 heavy (non-hydrogen) atoms. The first-order valence-electron chi connectivity index (χ1n) is 4.25. The molecule has 0 aromatic heterocycles. The van der Waals surface area contributed by atoms with Crippen LogP contribution in [0.2, 0.25) is 0 Å². The van der Waals surface area contributed by atoms with Crippen LogP contribution in [0.3, 0.4) is 0 Å². The van der Waals surface area contributed by atoms with Gasteiger partial charge in [0.2, 0.25) is 0 Å². The van der Waals surface area contributed by atoms with Gasteiger partial charge in [0.15, 0.2) is 0 Å². The molecule has 2 fully saturated rings. The summed E-state index contributed by atoms with van der Waals surface area (Å²) in [6.45, 7) is 8.51. The fraction of sp³-hybridized carbons (Fsp3) is 1.00. The number of piperidine rings is 1. The molecular formula is C9H17N. The summed E-state index contributed by atoms with van der Waals surface area (Å²) < 4.78 is 0. The SMILES string of the molecule is C[C@@H]1C2C(CN1C)C2(C)C. The summed E-state index contributed by atoms with van der Waals surface area (Å²) in [7, 11) is 2.24. The Morgan fingerprint density at radius 1 is 1.40 bits per heavy atom. The summed E-state index contributed by atoms with van der Waals surface area (Å²) in [5, 5.41) is 0. The van der Waals surface area contributed by atoms with Gasteiger partial charge in [0.05, 0.1) is 0 Å². The quantitative estimate of drug-likeness (QED) is 0.492. The minimum atomic E-state index is 0.673. The van der Waals surface area contributed by atoms with Gasteiger partial charge in [0.1, 0.15) is 0 Å². The van der Waals surface area contributed by atoms with E-state index in [1.807, 2.05) is 0 Å². The van der Waals surface area contributed by atoms with E-state index in [1.54, 1.807) is 0 Å². The molecule has 1 nitrogen and oxygen atoms in total. The summed E-state index contributed by atoms with van der Waals surface area (Å²) >= 11 is 0. The third-order valence-electron chi connectivity index (χ3n) is 3.84. The van der Waals surface area contributed by atoms with Crippen molar-refractivity contribution in [2.24, 2.45) is 17.3 Å². The van der Waals surface area contributed by atoms with Crippen molar-refractivity contribution in [3.05, 3.63) is 0 Å². The molecule has 2 unspecified atom stereocenters. The van der Waals surface area contributed by atoms with Crippen LogP contribution in [-0.4, -0.2) is 24.5 Å². The van der Waals surface area contributed by atoms with Crippen LogP contribution in [0.15, 0.2) is 0 Å². The Morgan fingerprint density at radius 2 is 2.00 bits per heavy atom. The first kappa shape index (κ1) is 6.66. The highest BCUT2D eigenvalue weighted by atomic mass is 15.2. The second-order valence-corrected chi connectivity index (χ2v) is 4.63. The fourth-order valence-electron chi connectivity index (χ4n) is 2.84. The normalized spacial score (nSPS) is 51.0. The molecule has 1 aliphatic carbocycles. The summed E-state index contributed by atoms with van der Waals surface area (Å²) in [6, 6.07) is 0.833. The second kappa shape index (κ2) is 1.58. The smallest absolute Gasteiger partial charge is 0.0101 e. The maximum atomic E-state index is 2.49. The van der Waals surface area contributed by atoms with Crippen molar-refractivity contribution in [2.45, 2.75) is 26.8 Å². The summed E-state index contributed by atoms with van der Waals surface area (Å²) in [5.41, 5.74) is 0.673. The minimum absolute atomic E-state index is 0.673. The summed E-state index contributed by atoms with van der Waals surface area (Å²) in [4.78, 5) is 2.49. The van der Waals surface area contributed by atoms with Crippen LogP contribution in [0.5, 0.6) is 0 Å². The molecule has 1 saturated carbocycles. The van der Waals surface area contributed by atoms with Gasteiger partial charge in [-0.05, 0) is 31.2 Å². The zero-order valence-corrected chi connectivity index (χ0v) is 7.39. The lowest BCUT2D eigenvalue weighted by molar-refractivity contribution is 0.235. The molecular weight excluding hydrogens is 122 g/mol. The van der Waals surface area contributed by atoms with Crippen molar-refractivity contribution >= 4 is 0 Å². The van der Waals surface area contributed by atoms with Gasteiger partial charge in [-0.25, -0.2) is 0 Å². The van der Waals surface area contributed by atoms with E-state index in [2.05, 4.69) is 32.7 Å². The molecule has 2 rings (SSSR count). The Labute approximate surface area is 63.4 Å². The van der Waals surface area contributed by atoms with Gasteiger partial charge in [-0.3, -0.25) is 0 Å². The van der Waals surface area contributed by atoms with Crippen molar-refractivity contribution < 1.29 is 0 Å². The van der Waals surface area contributed by atoms with Crippen molar-refractivity contribution in [2.75, 3.05) is 13.6 Å². The number of rotatable bonds is 0. The largest absolute Gasteiger partial charge is 0.303 e. The average molecular weight is 139 g/mol. The molecule has 0 aromatic carbocycles. The number of nitrogens with zero attached hydrogens (tertiary/aromatic N) is 1. The van der Waals surface area contributed by atoms with Gasteiger partial charge in [-0.2, -0.15) is 0 Å². The zero-order valence-electron chi connectivity index (χ0n) is 7.39. The van der Waals surface area contributed by atoms with Gasteiger partial charge in [-0.1, -0.05) is 13.8 Å². The van der Waals surface area contributed by atoms with Gasteiger partial charge >= 0.3 is 0 Å². The molecule has 1 heteroatoms. The van der Waals surface area contributed by atoms with E-state index in [-0.39, 0.29) is 0 Å². The van der Waals surface area contributed by atoms with Crippen molar-refractivity contribution in [3.63, 3.8) is 0 Å². The third kappa shape index (κ3) is 0.572. The summed E-state index contributed by atoms with van der Waals surface area (Å²) in [5.74, 6) is 2.00. The van der Waals surface area contributed by atoms with Crippen LogP contribution >= 0.6 is 0 Å². The van der Waals surface area contributed by atoms with Crippen molar-refractivity contribution in [1.82, 2.24) is 4.90 Å². The highest BCUT2D eigenvalue weighted by molar-refractivity contribution is 5.14. The first-order chi connectivity index (χ1) is 4.55. The molecule has 0 aromatic rings. The predicted octanol–water partition coefficient (Wildman–Crippen LogP) is 1.59. The van der Waals surface area contributed by atoms with E-state index in [1.165, 1.54) is 6.54 Å². The van der Waals surface area contributed by atoms with E-state index < -0.39 is 0 Å². The molecule has 0 bridgehead atoms. The van der Waals surface area contributed by atoms with E-state index in [0.29, 0.717) is 5.41 Å². The van der Waals surface area contributed by atoms with Gasteiger partial charge in [0.25, 0.3) is 0 Å². The molecule has 1 saturated heterocycles. The van der Waals surface area contributed by atoms with E-state index in [9.17, 15) is 0 Å². The highest BCUT2D eigenvalue weighted by Gasteiger charge is 2.64. The molecule has 58 valence electrons. The Balaban J connectivity index is 2.13. The number of fused-ring (bicyclic) bond motifs is 1. The molecule has 0 radical (unpaired) electrons. The lowest BCUT2D eigenvalue weighted by Gasteiger charge is -2.23. The number of hydrogen-bond donors (Lipinski definition) is 0. The zero-order chi connectivity index (χ0) is 7.52. The molecule has 1 heterocycles. The van der Waals surface area contributed by atoms with Crippen molar-refractivity contribution in [1.29, 1.82) is 0 Å². The first-order valence-corrected chi connectivity index (χ1v) is 4.25. The predicted molar refractivity (Wildman–Crippen MR) is 42.9 cm³/mol. The molecule has 3 atom stereocenters. The number of likely N-dealkylation sites (tertiary alicyclic amines) is 1. The molecule has 0 N–H and O–H groups in total. The maximum Gasteiger partial charge on any atom is 0.0101 e. The van der Waals surface area contributed by atoms with E-state index in [4.69, 9.17) is 0 Å². The van der Waals surface area contributed by atoms with Crippen LogP contribution in [0.1, 0.15) is 20.8 Å². The minimum Gasteiger partial charge on any atom is -0.303 e. The van der Waals surface area contributed by atoms with E-state index in [0.717, 1.165) is 17.9 Å². The Hall–Kier alpha value is -0.0400. The Bertz CT molecular complexity index is 160. The monoisotopic (exact) mass is 139 g/mol. The number of hydrogen-bond acceptors (Lipinski definition) is 1. The van der Waals surface area contributed by atoms with Crippen LogP contribution in [-0.2, 0) is 0 Å². The Kier molecular flexibility index (Phi) is 1.05. The second-order valence-electron chi connectivity index (χ2n) is 4.63. The van der Waals surface area contributed by atoms with Crippen LogP contribution in [0, 0.1) is 17.3 Å². The third-order valence-corrected chi connectivity index (χ3v) is 3.84. The highest BCUT2D eigenvalue weighted by Crippen LogP contribution is 2.64. The summed E-state index contributed by atoms with van der Waals surface area (Å²) in [6.07, 6.45) is 0. The topological polar surface area (TPSA) is 3.24 Å². The van der Waals surface area contributed by atoms with Crippen molar-refractivity contribution in [3.8, 4) is 0 Å². The standard InChI is InChI=1S/C9H17N/c1-6-8-7(5-10(6)4)9(8,2)3/h6-8H,5H2,1-4H3/t6-,7?,8?/m1/s1. The maximum absolute atomic E-state index is 2.49. The average Bonchev–Trinajstić information content (AvgIpc) is 2.12. The van der Waals surface area contributed by atoms with Crippen LogP contribution < -0.4 is 0 Å². The molecule has 0 spiro atoms. The van der Waals surface area contributed by atoms with Gasteiger partial charge in [0, 0.05) is 12.6 Å². The molecule has 1 aliphatic heterocycles. The van der Waals surface area contributed by atoms with Crippen LogP contribution in [0.4, 0.5) is 0 Å². The van der Waals surface area contributed by atoms with Gasteiger partial charge < -0.3 is 4.90 Å². The Morgan fingerprint density at radius 3 is 2.30 bits per heavy atom. The lowest BCUT2D eigenvalue weighted by atomic mass is 10.0. The molecule has 2 aliphatic rings. The van der Waals surface area contributed by atoms with Gasteiger partial charge in [-0.15, -0.1) is 0 Å².